The molecule has 3 aromatic heterocycles. The van der Waals surface area contributed by atoms with Gasteiger partial charge in [0, 0.05) is 31.1 Å². The maximum atomic E-state index is 14.2. The number of carbonyl (C=O) groups excluding carboxylic acids is 2. The zero-order valence-electron chi connectivity index (χ0n) is 20.3. The van der Waals surface area contributed by atoms with Crippen molar-refractivity contribution in [3.8, 4) is 0 Å². The molecule has 0 aromatic carbocycles. The van der Waals surface area contributed by atoms with E-state index in [-0.39, 0.29) is 37.0 Å². The number of thiophene rings is 1. The molecule has 0 saturated carbocycles. The van der Waals surface area contributed by atoms with Crippen LogP contribution in [0.4, 0.5) is 23.9 Å². The number of anilines is 1. The van der Waals surface area contributed by atoms with Crippen molar-refractivity contribution in [2.24, 2.45) is 0 Å². The summed E-state index contributed by atoms with van der Waals surface area (Å²) in [4.78, 5) is 34.5. The molecule has 2 unspecified atom stereocenters. The molecule has 10 nitrogen and oxygen atoms in total. The molecule has 2 atom stereocenters. The van der Waals surface area contributed by atoms with Crippen molar-refractivity contribution in [3.63, 3.8) is 0 Å². The highest BCUT2D eigenvalue weighted by Crippen LogP contribution is 2.36. The van der Waals surface area contributed by atoms with Crippen LogP contribution in [0, 0.1) is 6.92 Å². The lowest BCUT2D eigenvalue weighted by molar-refractivity contribution is -0.176. The van der Waals surface area contributed by atoms with E-state index in [2.05, 4.69) is 20.7 Å². The number of nitrogens with zero attached hydrogens (tertiary/aromatic N) is 5. The number of amides is 2. The average molecular weight is 572 g/mol. The standard InChI is InChI=1S/C23H25ClF3N7O3S/c1-13-10-14(12-37-13)20(35)34-21(29-11-15-4-5-16(24)38-15)30-19(31-34)17-18(23(25,26)27)28-6-9-33(17)22(36)32-7-2-3-8-32/h4-5,10,12,17-18,28H,2-3,6-9,11H2,1H3,(H,29,30,31). The van der Waals surface area contributed by atoms with Crippen LogP contribution >= 0.6 is 22.9 Å². The second-order valence-corrected chi connectivity index (χ2v) is 10.9. The largest absolute Gasteiger partial charge is 0.469 e. The molecule has 204 valence electrons. The minimum atomic E-state index is -4.70. The van der Waals surface area contributed by atoms with Crippen LogP contribution in [0.3, 0.4) is 0 Å². The van der Waals surface area contributed by atoms with Gasteiger partial charge in [-0.15, -0.1) is 16.4 Å². The van der Waals surface area contributed by atoms with Crippen LogP contribution in [0.25, 0.3) is 0 Å². The monoisotopic (exact) mass is 571 g/mol. The molecule has 3 aromatic rings. The highest BCUT2D eigenvalue weighted by molar-refractivity contribution is 7.16. The van der Waals surface area contributed by atoms with E-state index in [0.717, 1.165) is 27.3 Å². The minimum Gasteiger partial charge on any atom is -0.469 e. The number of carbonyl (C=O) groups is 2. The smallest absolute Gasteiger partial charge is 0.406 e. The maximum absolute atomic E-state index is 14.2. The lowest BCUT2D eigenvalue weighted by atomic mass is 10.0. The first-order chi connectivity index (χ1) is 18.1. The Bertz CT molecular complexity index is 1320. The van der Waals surface area contributed by atoms with Gasteiger partial charge in [0.2, 0.25) is 5.95 Å². The Hall–Kier alpha value is -3.10. The molecule has 2 aliphatic heterocycles. The van der Waals surface area contributed by atoms with Gasteiger partial charge in [-0.05, 0) is 38.0 Å². The number of halogens is 4. The van der Waals surface area contributed by atoms with Crippen molar-refractivity contribution < 1.29 is 27.2 Å². The predicted molar refractivity (Wildman–Crippen MR) is 133 cm³/mol. The number of likely N-dealkylation sites (tertiary alicyclic amines) is 1. The summed E-state index contributed by atoms with van der Waals surface area (Å²) in [6.45, 7) is 2.80. The van der Waals surface area contributed by atoms with Gasteiger partial charge in [-0.1, -0.05) is 11.6 Å². The Morgan fingerprint density at radius 3 is 2.66 bits per heavy atom. The van der Waals surface area contributed by atoms with Crippen molar-refractivity contribution in [3.05, 3.63) is 50.8 Å². The molecule has 15 heteroatoms. The fraction of sp³-hybridized carbons (Fsp3) is 0.478. The molecular formula is C23H25ClF3N7O3S. The van der Waals surface area contributed by atoms with Gasteiger partial charge < -0.3 is 24.9 Å². The molecule has 2 saturated heterocycles. The van der Waals surface area contributed by atoms with Crippen LogP contribution in [0.15, 0.2) is 28.9 Å². The van der Waals surface area contributed by atoms with E-state index >= 15 is 0 Å². The third kappa shape index (κ3) is 5.38. The van der Waals surface area contributed by atoms with Gasteiger partial charge in [0.05, 0.1) is 16.4 Å². The summed E-state index contributed by atoms with van der Waals surface area (Å²) >= 11 is 7.31. The lowest BCUT2D eigenvalue weighted by Gasteiger charge is -2.42. The van der Waals surface area contributed by atoms with E-state index < -0.39 is 30.2 Å². The first-order valence-corrected chi connectivity index (χ1v) is 13.2. The lowest BCUT2D eigenvalue weighted by Crippen LogP contribution is -2.61. The summed E-state index contributed by atoms with van der Waals surface area (Å²) in [6.07, 6.45) is -1.88. The molecular weight excluding hydrogens is 547 g/mol. The van der Waals surface area contributed by atoms with Crippen LogP contribution in [0.2, 0.25) is 4.34 Å². The molecule has 2 N–H and O–H groups in total. The number of rotatable bonds is 5. The second kappa shape index (κ2) is 10.6. The highest BCUT2D eigenvalue weighted by atomic mass is 35.5. The van der Waals surface area contributed by atoms with Crippen molar-refractivity contribution in [2.45, 2.75) is 44.6 Å². The summed E-state index contributed by atoms with van der Waals surface area (Å²) in [5, 5.41) is 9.70. The van der Waals surface area contributed by atoms with E-state index in [1.807, 2.05) is 0 Å². The highest BCUT2D eigenvalue weighted by Gasteiger charge is 2.52. The molecule has 0 aliphatic carbocycles. The zero-order chi connectivity index (χ0) is 27.0. The summed E-state index contributed by atoms with van der Waals surface area (Å²) < 4.78 is 49.4. The van der Waals surface area contributed by atoms with E-state index in [1.54, 1.807) is 24.0 Å². The number of furan rings is 1. The Kier molecular flexibility index (Phi) is 7.38. The third-order valence-corrected chi connectivity index (χ3v) is 7.68. The maximum Gasteiger partial charge on any atom is 0.406 e. The van der Waals surface area contributed by atoms with E-state index in [9.17, 15) is 22.8 Å². The first kappa shape index (κ1) is 26.5. The van der Waals surface area contributed by atoms with Crippen LogP contribution in [-0.4, -0.2) is 74.9 Å². The molecule has 2 aliphatic rings. The number of aryl methyl sites for hydroxylation is 1. The van der Waals surface area contributed by atoms with Crippen molar-refractivity contribution in [2.75, 3.05) is 31.5 Å². The van der Waals surface area contributed by atoms with Crippen molar-refractivity contribution in [1.82, 2.24) is 29.9 Å². The number of nitrogens with one attached hydrogen (secondary N) is 2. The topological polar surface area (TPSA) is 109 Å². The summed E-state index contributed by atoms with van der Waals surface area (Å²) in [6, 6.07) is 0.796. The van der Waals surface area contributed by atoms with Crippen LogP contribution in [0.1, 0.15) is 45.7 Å². The number of aromatic nitrogens is 3. The third-order valence-electron chi connectivity index (χ3n) is 6.45. The second-order valence-electron chi connectivity index (χ2n) is 9.10. The molecule has 0 spiro atoms. The van der Waals surface area contributed by atoms with Gasteiger partial charge in [0.25, 0.3) is 5.91 Å². The zero-order valence-corrected chi connectivity index (χ0v) is 21.9. The van der Waals surface area contributed by atoms with Gasteiger partial charge >= 0.3 is 12.2 Å². The molecule has 38 heavy (non-hydrogen) atoms. The SMILES string of the molecule is Cc1cc(C(=O)n2nc(C3C(C(F)(F)F)NCCN3C(=O)N3CCCC3)nc2NCc2ccc(Cl)s2)co1. The van der Waals surface area contributed by atoms with Gasteiger partial charge in [0.1, 0.15) is 24.1 Å². The fourth-order valence-corrected chi connectivity index (χ4v) is 5.69. The van der Waals surface area contributed by atoms with E-state index in [1.165, 1.54) is 23.7 Å². The fourth-order valence-electron chi connectivity index (χ4n) is 4.66. The Balaban J connectivity index is 1.54. The normalized spacial score (nSPS) is 20.2. The van der Waals surface area contributed by atoms with Crippen LogP contribution in [-0.2, 0) is 6.54 Å². The Morgan fingerprint density at radius 1 is 1.26 bits per heavy atom. The summed E-state index contributed by atoms with van der Waals surface area (Å²) in [7, 11) is 0. The molecule has 2 fully saturated rings. The molecule has 2 amide bonds. The predicted octanol–water partition coefficient (Wildman–Crippen LogP) is 4.29. The summed E-state index contributed by atoms with van der Waals surface area (Å²) in [5.41, 5.74) is 0.153. The quantitative estimate of drug-likeness (QED) is 0.470. The Morgan fingerprint density at radius 2 is 2.03 bits per heavy atom. The van der Waals surface area contributed by atoms with Gasteiger partial charge in [-0.25, -0.2) is 4.79 Å². The molecule has 5 heterocycles. The summed E-state index contributed by atoms with van der Waals surface area (Å²) in [5.74, 6) is -0.523. The first-order valence-electron chi connectivity index (χ1n) is 12.0. The number of hydrogen-bond acceptors (Lipinski definition) is 8. The van der Waals surface area contributed by atoms with E-state index in [4.69, 9.17) is 16.0 Å². The van der Waals surface area contributed by atoms with E-state index in [0.29, 0.717) is 23.2 Å². The Labute approximate surface area is 224 Å². The van der Waals surface area contributed by atoms with Gasteiger partial charge in [-0.3, -0.25) is 4.79 Å². The minimum absolute atomic E-state index is 0.0342. The molecule has 5 rings (SSSR count). The number of hydrogen-bond donors (Lipinski definition) is 2. The number of alkyl halides is 3. The molecule has 0 radical (unpaired) electrons. The van der Waals surface area contributed by atoms with Crippen molar-refractivity contribution >= 4 is 40.8 Å². The van der Waals surface area contributed by atoms with Crippen LogP contribution < -0.4 is 10.6 Å². The van der Waals surface area contributed by atoms with Crippen LogP contribution in [0.5, 0.6) is 0 Å². The number of urea groups is 1. The van der Waals surface area contributed by atoms with Gasteiger partial charge in [0.15, 0.2) is 5.82 Å². The molecule has 0 bridgehead atoms. The van der Waals surface area contributed by atoms with Crippen molar-refractivity contribution in [1.29, 1.82) is 0 Å². The number of piperazine rings is 1. The van der Waals surface area contributed by atoms with Gasteiger partial charge in [-0.2, -0.15) is 22.8 Å². The average Bonchev–Trinajstić information content (AvgIpc) is 3.68.